The summed E-state index contributed by atoms with van der Waals surface area (Å²) in [5.74, 6) is -0.499. The third-order valence-corrected chi connectivity index (χ3v) is 4.29. The number of hydrogen-bond acceptors (Lipinski definition) is 4. The normalized spacial score (nSPS) is 17.1. The van der Waals surface area contributed by atoms with Gasteiger partial charge in [-0.25, -0.2) is 9.18 Å². The van der Waals surface area contributed by atoms with Crippen LogP contribution < -0.4 is 5.32 Å². The number of rotatable bonds is 5. The molecule has 7 heteroatoms. The van der Waals surface area contributed by atoms with Crippen LogP contribution in [0.2, 0.25) is 5.02 Å². The molecule has 128 valence electrons. The number of amides is 1. The van der Waals surface area contributed by atoms with Crippen molar-refractivity contribution in [3.05, 3.63) is 34.6 Å². The Balaban J connectivity index is 1.91. The highest BCUT2D eigenvalue weighted by molar-refractivity contribution is 6.30. The molecule has 1 aliphatic rings. The predicted molar refractivity (Wildman–Crippen MR) is 86.0 cm³/mol. The Labute approximate surface area is 140 Å². The summed E-state index contributed by atoms with van der Waals surface area (Å²) in [6.07, 6.45) is 1.22. The number of carbonyl (C=O) groups is 1. The molecule has 0 saturated carbocycles. The Morgan fingerprint density at radius 3 is 2.78 bits per heavy atom. The third-order valence-electron chi connectivity index (χ3n) is 3.99. The number of aliphatic hydroxyl groups is 1. The minimum Gasteiger partial charge on any atom is -0.450 e. The van der Waals surface area contributed by atoms with Gasteiger partial charge in [-0.15, -0.1) is 0 Å². The summed E-state index contributed by atoms with van der Waals surface area (Å²) in [6.45, 7) is 3.21. The highest BCUT2D eigenvalue weighted by atomic mass is 35.5. The molecule has 1 heterocycles. The summed E-state index contributed by atoms with van der Waals surface area (Å²) >= 11 is 5.68. The molecule has 1 saturated heterocycles. The summed E-state index contributed by atoms with van der Waals surface area (Å²) in [4.78, 5) is 13.3. The van der Waals surface area contributed by atoms with Gasteiger partial charge in [-0.3, -0.25) is 0 Å². The van der Waals surface area contributed by atoms with Gasteiger partial charge in [0, 0.05) is 19.1 Å². The fourth-order valence-electron chi connectivity index (χ4n) is 2.71. The van der Waals surface area contributed by atoms with E-state index in [0.717, 1.165) is 12.8 Å². The maximum Gasteiger partial charge on any atom is 0.409 e. The van der Waals surface area contributed by atoms with Gasteiger partial charge in [0.15, 0.2) is 0 Å². The number of nitrogens with zero attached hydrogens (tertiary/aromatic N) is 1. The van der Waals surface area contributed by atoms with Crippen LogP contribution in [0.25, 0.3) is 0 Å². The van der Waals surface area contributed by atoms with E-state index in [0.29, 0.717) is 25.3 Å². The standard InChI is InChI=1S/C16H22ClFN2O3/c1-2-23-16(22)20-7-5-12(6-8-20)19-15(10-21)11-3-4-13(17)14(18)9-11/h3-4,9,12,15,19,21H,2,5-8,10H2,1H3. The summed E-state index contributed by atoms with van der Waals surface area (Å²) < 4.78 is 18.6. The second kappa shape index (κ2) is 8.47. The fraction of sp³-hybridized carbons (Fsp3) is 0.562. The van der Waals surface area contributed by atoms with Crippen molar-refractivity contribution in [3.63, 3.8) is 0 Å². The topological polar surface area (TPSA) is 61.8 Å². The van der Waals surface area contributed by atoms with E-state index in [4.69, 9.17) is 16.3 Å². The predicted octanol–water partition coefficient (Wildman–Crippen LogP) is 2.72. The van der Waals surface area contributed by atoms with E-state index in [1.165, 1.54) is 12.1 Å². The monoisotopic (exact) mass is 344 g/mol. The molecule has 0 aromatic heterocycles. The number of piperidine rings is 1. The quantitative estimate of drug-likeness (QED) is 0.862. The van der Waals surface area contributed by atoms with Crippen LogP contribution in [-0.4, -0.2) is 48.4 Å². The van der Waals surface area contributed by atoms with E-state index in [-0.39, 0.29) is 29.8 Å². The number of aliphatic hydroxyl groups excluding tert-OH is 1. The van der Waals surface area contributed by atoms with Crippen LogP contribution in [0.1, 0.15) is 31.4 Å². The molecule has 2 N–H and O–H groups in total. The second-order valence-electron chi connectivity index (χ2n) is 5.54. The van der Waals surface area contributed by atoms with E-state index in [9.17, 15) is 14.3 Å². The lowest BCUT2D eigenvalue weighted by atomic mass is 10.0. The summed E-state index contributed by atoms with van der Waals surface area (Å²) in [7, 11) is 0. The van der Waals surface area contributed by atoms with Crippen molar-refractivity contribution in [2.24, 2.45) is 0 Å². The zero-order chi connectivity index (χ0) is 16.8. The molecular weight excluding hydrogens is 323 g/mol. The van der Waals surface area contributed by atoms with E-state index < -0.39 is 5.82 Å². The van der Waals surface area contributed by atoms with Crippen LogP contribution in [0.3, 0.4) is 0 Å². The summed E-state index contributed by atoms with van der Waals surface area (Å²) in [5, 5.41) is 13.0. The van der Waals surface area contributed by atoms with Gasteiger partial charge in [-0.1, -0.05) is 17.7 Å². The molecule has 2 rings (SSSR count). The first kappa shape index (κ1) is 18.0. The summed E-state index contributed by atoms with van der Waals surface area (Å²) in [6, 6.07) is 4.31. The number of ether oxygens (including phenoxy) is 1. The molecule has 5 nitrogen and oxygen atoms in total. The Morgan fingerprint density at radius 1 is 1.52 bits per heavy atom. The van der Waals surface area contributed by atoms with Crippen LogP contribution in [-0.2, 0) is 4.74 Å². The molecule has 1 amide bonds. The molecule has 0 bridgehead atoms. The molecule has 23 heavy (non-hydrogen) atoms. The summed E-state index contributed by atoms with van der Waals surface area (Å²) in [5.41, 5.74) is 0.655. The highest BCUT2D eigenvalue weighted by Crippen LogP contribution is 2.22. The average Bonchev–Trinajstić information content (AvgIpc) is 2.56. The number of likely N-dealkylation sites (tertiary alicyclic amines) is 1. The first-order valence-corrected chi connectivity index (χ1v) is 8.16. The lowest BCUT2D eigenvalue weighted by Gasteiger charge is -2.33. The number of carbonyl (C=O) groups excluding carboxylic acids is 1. The van der Waals surface area contributed by atoms with Gasteiger partial charge >= 0.3 is 6.09 Å². The van der Waals surface area contributed by atoms with Crippen molar-refractivity contribution in [2.45, 2.75) is 31.8 Å². The number of nitrogens with one attached hydrogen (secondary N) is 1. The molecule has 1 atom stereocenters. The number of hydrogen-bond donors (Lipinski definition) is 2. The molecule has 1 aliphatic heterocycles. The zero-order valence-corrected chi connectivity index (χ0v) is 13.9. The van der Waals surface area contributed by atoms with Crippen molar-refractivity contribution < 1.29 is 19.0 Å². The average molecular weight is 345 g/mol. The Kier molecular flexibility index (Phi) is 6.62. The smallest absolute Gasteiger partial charge is 0.409 e. The Morgan fingerprint density at radius 2 is 2.22 bits per heavy atom. The molecule has 1 aromatic carbocycles. The van der Waals surface area contributed by atoms with Gasteiger partial charge in [-0.2, -0.15) is 0 Å². The second-order valence-corrected chi connectivity index (χ2v) is 5.94. The van der Waals surface area contributed by atoms with Crippen LogP contribution in [0.4, 0.5) is 9.18 Å². The minimum absolute atomic E-state index is 0.0631. The van der Waals surface area contributed by atoms with Crippen LogP contribution in [0.5, 0.6) is 0 Å². The highest BCUT2D eigenvalue weighted by Gasteiger charge is 2.25. The first-order valence-electron chi connectivity index (χ1n) is 7.78. The SMILES string of the molecule is CCOC(=O)N1CCC(NC(CO)c2ccc(Cl)c(F)c2)CC1. The molecule has 0 spiro atoms. The number of halogens is 2. The first-order chi connectivity index (χ1) is 11.0. The van der Waals surface area contributed by atoms with Crippen molar-refractivity contribution in [1.29, 1.82) is 0 Å². The van der Waals surface area contributed by atoms with Crippen LogP contribution in [0.15, 0.2) is 18.2 Å². The third kappa shape index (κ3) is 4.80. The van der Waals surface area contributed by atoms with Crippen molar-refractivity contribution in [3.8, 4) is 0 Å². The van der Waals surface area contributed by atoms with Gasteiger partial charge in [0.1, 0.15) is 5.82 Å². The van der Waals surface area contributed by atoms with E-state index in [2.05, 4.69) is 5.32 Å². The lowest BCUT2D eigenvalue weighted by Crippen LogP contribution is -2.46. The molecular formula is C16H22ClFN2O3. The van der Waals surface area contributed by atoms with Crippen molar-refractivity contribution >= 4 is 17.7 Å². The fourth-order valence-corrected chi connectivity index (χ4v) is 2.83. The van der Waals surface area contributed by atoms with Crippen LogP contribution >= 0.6 is 11.6 Å². The Bertz CT molecular complexity index is 536. The maximum atomic E-state index is 13.6. The van der Waals surface area contributed by atoms with Gasteiger partial charge in [-0.05, 0) is 37.5 Å². The molecule has 0 radical (unpaired) electrons. The zero-order valence-electron chi connectivity index (χ0n) is 13.1. The van der Waals surface area contributed by atoms with E-state index in [1.54, 1.807) is 17.9 Å². The van der Waals surface area contributed by atoms with Crippen molar-refractivity contribution in [1.82, 2.24) is 10.2 Å². The van der Waals surface area contributed by atoms with Gasteiger partial charge in [0.25, 0.3) is 0 Å². The lowest BCUT2D eigenvalue weighted by molar-refractivity contribution is 0.0928. The van der Waals surface area contributed by atoms with E-state index >= 15 is 0 Å². The number of benzene rings is 1. The molecule has 1 unspecified atom stereocenters. The van der Waals surface area contributed by atoms with Gasteiger partial charge < -0.3 is 20.1 Å². The maximum absolute atomic E-state index is 13.6. The Hall–Kier alpha value is -1.37. The van der Waals surface area contributed by atoms with Gasteiger partial charge in [0.05, 0.1) is 24.3 Å². The van der Waals surface area contributed by atoms with E-state index in [1.807, 2.05) is 0 Å². The molecule has 1 aromatic rings. The largest absolute Gasteiger partial charge is 0.450 e. The molecule has 0 aliphatic carbocycles. The van der Waals surface area contributed by atoms with Crippen molar-refractivity contribution in [2.75, 3.05) is 26.3 Å². The van der Waals surface area contributed by atoms with Gasteiger partial charge in [0.2, 0.25) is 0 Å². The van der Waals surface area contributed by atoms with Crippen LogP contribution in [0, 0.1) is 5.82 Å². The minimum atomic E-state index is -0.499. The molecule has 1 fully saturated rings.